The predicted octanol–water partition coefficient (Wildman–Crippen LogP) is 3.82. The minimum atomic E-state index is -1.36. The van der Waals surface area contributed by atoms with Gasteiger partial charge in [0.15, 0.2) is 5.13 Å². The van der Waals surface area contributed by atoms with Crippen LogP contribution < -0.4 is 10.2 Å². The number of benzene rings is 2. The zero-order valence-corrected chi connectivity index (χ0v) is 23.8. The van der Waals surface area contributed by atoms with E-state index in [0.29, 0.717) is 11.3 Å². The molecule has 1 spiro atoms. The number of halogens is 2. The van der Waals surface area contributed by atoms with E-state index in [2.05, 4.69) is 16.4 Å². The van der Waals surface area contributed by atoms with E-state index in [0.717, 1.165) is 21.8 Å². The lowest BCUT2D eigenvalue weighted by molar-refractivity contribution is -0.136. The van der Waals surface area contributed by atoms with E-state index < -0.39 is 35.3 Å². The maximum absolute atomic E-state index is 14.2. The largest absolute Gasteiger partial charge is 0.481 e. The van der Waals surface area contributed by atoms with Gasteiger partial charge in [0.25, 0.3) is 5.91 Å². The van der Waals surface area contributed by atoms with Crippen molar-refractivity contribution in [2.75, 3.05) is 36.9 Å². The maximum atomic E-state index is 14.2. The van der Waals surface area contributed by atoms with Crippen molar-refractivity contribution in [3.8, 4) is 6.07 Å². The van der Waals surface area contributed by atoms with Gasteiger partial charge in [0, 0.05) is 41.5 Å². The number of carboxylic acids is 1. The summed E-state index contributed by atoms with van der Waals surface area (Å²) in [7, 11) is 1.55. The molecule has 2 atom stereocenters. The lowest BCUT2D eigenvalue weighted by Crippen LogP contribution is -2.53. The standard InChI is InChI=1S/C27H22Cl2N6O5S/c1-33-26(40)35(20-7-17(28)6-18(29)8-20)24(39)27(33)14-34(11-21(27)16-4-2-15(10-30)3-5-16)12-22(36)32-25-31-19(13-41-25)9-23(37)38/h2-8,13,21H,9,11-12,14H2,1H3,(H,37,38)(H,31,32,36). The number of hydrogen-bond acceptors (Lipinski definition) is 8. The molecule has 41 heavy (non-hydrogen) atoms. The number of carbonyl (C=O) groups is 4. The SMILES string of the molecule is CN1C(=O)N(c2cc(Cl)cc(Cl)c2)C(=O)C12CN(CC(=O)Nc1nc(CC(=O)O)cs1)CC2c1ccc(C#N)cc1. The number of carboxylic acid groups (broad SMARTS) is 1. The van der Waals surface area contributed by atoms with Gasteiger partial charge in [-0.05, 0) is 35.9 Å². The first-order valence-electron chi connectivity index (χ1n) is 12.3. The average Bonchev–Trinajstić information content (AvgIpc) is 3.56. The average molecular weight is 613 g/mol. The molecular weight excluding hydrogens is 591 g/mol. The molecule has 0 bridgehead atoms. The Labute approximate surface area is 248 Å². The van der Waals surface area contributed by atoms with Crippen molar-refractivity contribution in [1.82, 2.24) is 14.8 Å². The Balaban J connectivity index is 1.45. The zero-order valence-electron chi connectivity index (χ0n) is 21.5. The van der Waals surface area contributed by atoms with Gasteiger partial charge in [0.1, 0.15) is 5.54 Å². The second kappa shape index (κ2) is 11.1. The number of nitrogens with zero attached hydrogens (tertiary/aromatic N) is 5. The van der Waals surface area contributed by atoms with Crippen molar-refractivity contribution in [1.29, 1.82) is 5.26 Å². The van der Waals surface area contributed by atoms with E-state index >= 15 is 0 Å². The number of likely N-dealkylation sites (tertiary alicyclic amines) is 1. The zero-order chi connectivity index (χ0) is 29.5. The summed E-state index contributed by atoms with van der Waals surface area (Å²) >= 11 is 13.5. The molecule has 14 heteroatoms. The Morgan fingerprint density at radius 1 is 1.20 bits per heavy atom. The number of anilines is 2. The minimum Gasteiger partial charge on any atom is -0.481 e. The Bertz CT molecular complexity index is 1590. The van der Waals surface area contributed by atoms with Crippen LogP contribution in [0.5, 0.6) is 0 Å². The molecule has 0 radical (unpaired) electrons. The normalized spacial score (nSPS) is 20.6. The number of aromatic nitrogens is 1. The quantitative estimate of drug-likeness (QED) is 0.383. The van der Waals surface area contributed by atoms with Crippen molar-refractivity contribution in [2.45, 2.75) is 17.9 Å². The van der Waals surface area contributed by atoms with Crippen LogP contribution >= 0.6 is 34.5 Å². The molecule has 2 N–H and O–H groups in total. The van der Waals surface area contributed by atoms with E-state index in [1.54, 1.807) is 41.6 Å². The lowest BCUT2D eigenvalue weighted by Gasteiger charge is -2.34. The first-order valence-corrected chi connectivity index (χ1v) is 13.9. The molecule has 2 saturated heterocycles. The summed E-state index contributed by atoms with van der Waals surface area (Å²) in [6.07, 6.45) is -0.260. The van der Waals surface area contributed by atoms with Gasteiger partial charge >= 0.3 is 12.0 Å². The van der Waals surface area contributed by atoms with Crippen LogP contribution in [-0.2, 0) is 20.8 Å². The summed E-state index contributed by atoms with van der Waals surface area (Å²) in [6.45, 7) is 0.203. The smallest absolute Gasteiger partial charge is 0.332 e. The first-order chi connectivity index (χ1) is 19.5. The molecule has 3 heterocycles. The van der Waals surface area contributed by atoms with Gasteiger partial charge in [0.05, 0.1) is 36.0 Å². The maximum Gasteiger partial charge on any atom is 0.332 e. The third-order valence-corrected chi connectivity index (χ3v) is 8.42. The topological polar surface area (TPSA) is 147 Å². The Hall–Kier alpha value is -4.02. The van der Waals surface area contributed by atoms with Crippen LogP contribution in [-0.4, -0.2) is 75.9 Å². The number of urea groups is 1. The summed E-state index contributed by atoms with van der Waals surface area (Å²) in [6, 6.07) is 12.8. The van der Waals surface area contributed by atoms with E-state index in [-0.39, 0.29) is 46.9 Å². The predicted molar refractivity (Wildman–Crippen MR) is 152 cm³/mol. The first kappa shape index (κ1) is 28.5. The number of hydrogen-bond donors (Lipinski definition) is 2. The van der Waals surface area contributed by atoms with E-state index in [4.69, 9.17) is 28.3 Å². The highest BCUT2D eigenvalue weighted by Gasteiger charge is 2.64. The summed E-state index contributed by atoms with van der Waals surface area (Å²) in [5.41, 5.74) is 0.369. The molecule has 2 aliphatic rings. The molecule has 3 aromatic rings. The van der Waals surface area contributed by atoms with Gasteiger partial charge in [-0.15, -0.1) is 11.3 Å². The highest BCUT2D eigenvalue weighted by atomic mass is 35.5. The third-order valence-electron chi connectivity index (χ3n) is 7.18. The van der Waals surface area contributed by atoms with Gasteiger partial charge in [-0.1, -0.05) is 35.3 Å². The molecule has 210 valence electrons. The highest BCUT2D eigenvalue weighted by Crippen LogP contribution is 2.46. The van der Waals surface area contributed by atoms with Crippen molar-refractivity contribution < 1.29 is 24.3 Å². The molecule has 2 aromatic carbocycles. The Morgan fingerprint density at radius 2 is 1.88 bits per heavy atom. The number of nitrogens with one attached hydrogen (secondary N) is 1. The summed E-state index contributed by atoms with van der Waals surface area (Å²) < 4.78 is 0. The van der Waals surface area contributed by atoms with Crippen molar-refractivity contribution in [2.24, 2.45) is 0 Å². The molecule has 0 aliphatic carbocycles. The summed E-state index contributed by atoms with van der Waals surface area (Å²) in [4.78, 5) is 60.1. The molecule has 4 amide bonds. The fraction of sp³-hybridized carbons (Fsp3) is 0.259. The van der Waals surface area contributed by atoms with Crippen LogP contribution in [0.3, 0.4) is 0 Å². The fourth-order valence-corrected chi connectivity index (χ4v) is 6.62. The second-order valence-electron chi connectivity index (χ2n) is 9.75. The number of thiazole rings is 1. The van der Waals surface area contributed by atoms with E-state index in [9.17, 15) is 24.4 Å². The number of rotatable bonds is 7. The van der Waals surface area contributed by atoms with Crippen molar-refractivity contribution >= 4 is 69.2 Å². The second-order valence-corrected chi connectivity index (χ2v) is 11.5. The van der Waals surface area contributed by atoms with Gasteiger partial charge < -0.3 is 15.3 Å². The van der Waals surface area contributed by atoms with Gasteiger partial charge in [0.2, 0.25) is 5.91 Å². The van der Waals surface area contributed by atoms with Crippen LogP contribution in [0.4, 0.5) is 15.6 Å². The van der Waals surface area contributed by atoms with Gasteiger partial charge in [-0.3, -0.25) is 19.3 Å². The van der Waals surface area contributed by atoms with Crippen LogP contribution in [0.1, 0.15) is 22.7 Å². The van der Waals surface area contributed by atoms with Crippen LogP contribution in [0.2, 0.25) is 10.0 Å². The molecular formula is C27H22Cl2N6O5S. The van der Waals surface area contributed by atoms with Crippen molar-refractivity contribution in [3.05, 3.63) is 74.7 Å². The minimum absolute atomic E-state index is 0.0547. The monoisotopic (exact) mass is 612 g/mol. The highest BCUT2D eigenvalue weighted by molar-refractivity contribution is 7.13. The van der Waals surface area contributed by atoms with E-state index in [1.165, 1.54) is 23.1 Å². The molecule has 11 nitrogen and oxygen atoms in total. The van der Waals surface area contributed by atoms with Crippen LogP contribution in [0.15, 0.2) is 47.8 Å². The number of imide groups is 1. The molecule has 1 aromatic heterocycles. The van der Waals surface area contributed by atoms with Crippen LogP contribution in [0, 0.1) is 11.3 Å². The van der Waals surface area contributed by atoms with E-state index in [1.807, 2.05) is 0 Å². The number of likely N-dealkylation sites (N-methyl/N-ethyl adjacent to an activating group) is 1. The summed E-state index contributed by atoms with van der Waals surface area (Å²) in [5.74, 6) is -2.46. The Kier molecular flexibility index (Phi) is 7.72. The van der Waals surface area contributed by atoms with Gasteiger partial charge in [-0.2, -0.15) is 5.26 Å². The summed E-state index contributed by atoms with van der Waals surface area (Å²) in [5, 5.41) is 23.2. The lowest BCUT2D eigenvalue weighted by atomic mass is 9.80. The van der Waals surface area contributed by atoms with Crippen molar-refractivity contribution in [3.63, 3.8) is 0 Å². The molecule has 0 saturated carbocycles. The molecule has 2 fully saturated rings. The number of aliphatic carboxylic acids is 1. The number of nitriles is 1. The third kappa shape index (κ3) is 5.37. The molecule has 2 aliphatic heterocycles. The Morgan fingerprint density at radius 3 is 2.51 bits per heavy atom. The molecule has 2 unspecified atom stereocenters. The van der Waals surface area contributed by atoms with Crippen LogP contribution in [0.25, 0.3) is 0 Å². The van der Waals surface area contributed by atoms with Gasteiger partial charge in [-0.25, -0.2) is 14.7 Å². The molecule has 5 rings (SSSR count). The number of amides is 4. The number of carbonyl (C=O) groups excluding carboxylic acids is 3. The fourth-order valence-electron chi connectivity index (χ4n) is 5.38.